The predicted molar refractivity (Wildman–Crippen MR) is 93.3 cm³/mol. The Morgan fingerprint density at radius 2 is 2.08 bits per heavy atom. The molecule has 0 N–H and O–H groups in total. The van der Waals surface area contributed by atoms with Crippen LogP contribution in [0.4, 0.5) is 5.69 Å². The zero-order valence-electron chi connectivity index (χ0n) is 13.1. The Morgan fingerprint density at radius 1 is 1.25 bits per heavy atom. The molecule has 0 spiro atoms. The molecule has 0 bridgehead atoms. The van der Waals surface area contributed by atoms with Crippen molar-refractivity contribution < 1.29 is 9.21 Å². The zero-order valence-corrected chi connectivity index (χ0v) is 13.9. The van der Waals surface area contributed by atoms with Crippen molar-refractivity contribution in [1.82, 2.24) is 9.97 Å². The van der Waals surface area contributed by atoms with E-state index in [4.69, 9.17) is 4.42 Å². The Bertz CT molecular complexity index is 889. The molecule has 3 heterocycles. The van der Waals surface area contributed by atoms with Crippen LogP contribution in [0.5, 0.6) is 0 Å². The summed E-state index contributed by atoms with van der Waals surface area (Å²) in [6.45, 7) is 2.65. The highest BCUT2D eigenvalue weighted by Crippen LogP contribution is 2.35. The number of thioether (sulfide) groups is 1. The summed E-state index contributed by atoms with van der Waals surface area (Å²) in [7, 11) is 0. The molecule has 6 heteroatoms. The van der Waals surface area contributed by atoms with E-state index in [9.17, 15) is 4.79 Å². The lowest BCUT2D eigenvalue weighted by atomic mass is 10.1. The molecule has 0 unspecified atom stereocenters. The monoisotopic (exact) mass is 337 g/mol. The Labute approximate surface area is 143 Å². The quantitative estimate of drug-likeness (QED) is 0.712. The zero-order chi connectivity index (χ0) is 16.5. The lowest BCUT2D eigenvalue weighted by Crippen LogP contribution is -2.36. The van der Waals surface area contributed by atoms with Gasteiger partial charge in [-0.1, -0.05) is 29.8 Å². The maximum Gasteiger partial charge on any atom is 0.281 e. The topological polar surface area (TPSA) is 59.2 Å². The van der Waals surface area contributed by atoms with Crippen molar-refractivity contribution in [2.75, 3.05) is 17.2 Å². The molecule has 0 fully saturated rings. The molecule has 0 radical (unpaired) electrons. The van der Waals surface area contributed by atoms with Crippen LogP contribution in [-0.4, -0.2) is 28.2 Å². The molecule has 0 atom stereocenters. The van der Waals surface area contributed by atoms with Crippen molar-refractivity contribution in [1.29, 1.82) is 0 Å². The summed E-state index contributed by atoms with van der Waals surface area (Å²) < 4.78 is 5.51. The number of hydrogen-bond acceptors (Lipinski definition) is 5. The molecule has 0 aliphatic carbocycles. The molecule has 0 saturated heterocycles. The summed E-state index contributed by atoms with van der Waals surface area (Å²) in [6.07, 6.45) is 4.80. The number of hydrogen-bond donors (Lipinski definition) is 0. The van der Waals surface area contributed by atoms with Crippen LogP contribution in [0.3, 0.4) is 0 Å². The fraction of sp³-hybridized carbons (Fsp3) is 0.167. The molecular formula is C18H15N3O2S. The molecule has 5 nitrogen and oxygen atoms in total. The van der Waals surface area contributed by atoms with Crippen LogP contribution in [-0.2, 0) is 0 Å². The van der Waals surface area contributed by atoms with Gasteiger partial charge in [-0.2, -0.15) is 0 Å². The maximum absolute atomic E-state index is 13.1. The second kappa shape index (κ2) is 6.13. The van der Waals surface area contributed by atoms with Crippen molar-refractivity contribution >= 4 is 23.4 Å². The van der Waals surface area contributed by atoms with Crippen LogP contribution in [0.1, 0.15) is 16.1 Å². The lowest BCUT2D eigenvalue weighted by Gasteiger charge is -2.27. The second-order valence-electron chi connectivity index (χ2n) is 5.54. The van der Waals surface area contributed by atoms with Gasteiger partial charge in [0.2, 0.25) is 0 Å². The van der Waals surface area contributed by atoms with Crippen LogP contribution in [0.2, 0.25) is 0 Å². The van der Waals surface area contributed by atoms with E-state index in [2.05, 4.69) is 9.97 Å². The van der Waals surface area contributed by atoms with Gasteiger partial charge in [0.05, 0.1) is 11.9 Å². The average molecular weight is 337 g/mol. The number of carbonyl (C=O) groups excluding carboxylic acids is 1. The predicted octanol–water partition coefficient (Wildman–Crippen LogP) is 3.80. The summed E-state index contributed by atoms with van der Waals surface area (Å²) in [4.78, 5) is 24.2. The minimum Gasteiger partial charge on any atom is -0.443 e. The van der Waals surface area contributed by atoms with Gasteiger partial charge in [0.1, 0.15) is 0 Å². The number of carbonyl (C=O) groups is 1. The lowest BCUT2D eigenvalue weighted by molar-refractivity contribution is 0.0983. The first-order chi connectivity index (χ1) is 11.7. The number of aryl methyl sites for hydroxylation is 1. The highest BCUT2D eigenvalue weighted by molar-refractivity contribution is 7.99. The Morgan fingerprint density at radius 3 is 2.92 bits per heavy atom. The maximum atomic E-state index is 13.1. The molecule has 1 aromatic carbocycles. The molecular weight excluding hydrogens is 322 g/mol. The average Bonchev–Trinajstić information content (AvgIpc) is 3.11. The van der Waals surface area contributed by atoms with Crippen molar-refractivity contribution in [3.63, 3.8) is 0 Å². The van der Waals surface area contributed by atoms with Crippen molar-refractivity contribution in [2.24, 2.45) is 0 Å². The minimum absolute atomic E-state index is 0.158. The van der Waals surface area contributed by atoms with Crippen molar-refractivity contribution in [2.45, 2.75) is 11.8 Å². The van der Waals surface area contributed by atoms with Gasteiger partial charge in [-0.25, -0.2) is 4.98 Å². The molecule has 2 aromatic heterocycles. The normalized spacial score (nSPS) is 13.6. The van der Waals surface area contributed by atoms with E-state index in [1.165, 1.54) is 6.39 Å². The summed E-state index contributed by atoms with van der Waals surface area (Å²) in [5.41, 5.74) is 3.16. The Hall–Kier alpha value is -2.60. The number of amides is 1. The molecule has 24 heavy (non-hydrogen) atoms. The van der Waals surface area contributed by atoms with Gasteiger partial charge < -0.3 is 9.32 Å². The Balaban J connectivity index is 1.72. The van der Waals surface area contributed by atoms with E-state index in [0.29, 0.717) is 18.0 Å². The summed E-state index contributed by atoms with van der Waals surface area (Å²) >= 11 is 1.73. The van der Waals surface area contributed by atoms with E-state index in [1.807, 2.05) is 37.3 Å². The molecule has 1 amide bonds. The molecule has 120 valence electrons. The van der Waals surface area contributed by atoms with Crippen LogP contribution < -0.4 is 4.90 Å². The summed E-state index contributed by atoms with van der Waals surface area (Å²) in [6, 6.07) is 9.79. The number of pyridine rings is 1. The fourth-order valence-electron chi connectivity index (χ4n) is 2.71. The van der Waals surface area contributed by atoms with E-state index < -0.39 is 0 Å². The molecule has 3 aromatic rings. The van der Waals surface area contributed by atoms with Gasteiger partial charge in [0.25, 0.3) is 5.91 Å². The third-order valence-corrected chi connectivity index (χ3v) is 5.00. The van der Waals surface area contributed by atoms with E-state index in [-0.39, 0.29) is 5.91 Å². The molecule has 0 saturated carbocycles. The fourth-order valence-corrected chi connectivity index (χ4v) is 3.67. The van der Waals surface area contributed by atoms with Gasteiger partial charge >= 0.3 is 0 Å². The summed E-state index contributed by atoms with van der Waals surface area (Å²) in [5.74, 6) is 1.19. The smallest absolute Gasteiger partial charge is 0.281 e. The first-order valence-corrected chi connectivity index (χ1v) is 8.62. The molecule has 1 aliphatic heterocycles. The number of anilines is 1. The standard InChI is InChI=1S/C18H15N3O2S/c1-12-2-4-13(5-3-12)17-16(20-11-23-17)18(22)21-8-9-24-15-6-7-19-10-14(15)21/h2-7,10-11H,8-9H2,1H3. The number of oxazole rings is 1. The van der Waals surface area contributed by atoms with E-state index in [1.54, 1.807) is 29.1 Å². The highest BCUT2D eigenvalue weighted by atomic mass is 32.2. The number of benzene rings is 1. The molecule has 4 rings (SSSR count). The summed E-state index contributed by atoms with van der Waals surface area (Å²) in [5, 5.41) is 0. The van der Waals surface area contributed by atoms with Gasteiger partial charge in [-0.3, -0.25) is 9.78 Å². The van der Waals surface area contributed by atoms with Crippen molar-refractivity contribution in [3.8, 4) is 11.3 Å². The third kappa shape index (κ3) is 2.59. The number of aromatic nitrogens is 2. The number of rotatable bonds is 2. The third-order valence-electron chi connectivity index (χ3n) is 3.95. The van der Waals surface area contributed by atoms with E-state index >= 15 is 0 Å². The van der Waals surface area contributed by atoms with Gasteiger partial charge in [-0.15, -0.1) is 11.8 Å². The van der Waals surface area contributed by atoms with Gasteiger partial charge in [0, 0.05) is 29.0 Å². The first-order valence-electron chi connectivity index (χ1n) is 7.63. The number of nitrogens with zero attached hydrogens (tertiary/aromatic N) is 3. The molecule has 1 aliphatic rings. The van der Waals surface area contributed by atoms with Crippen LogP contribution in [0.25, 0.3) is 11.3 Å². The van der Waals surface area contributed by atoms with E-state index in [0.717, 1.165) is 27.5 Å². The highest BCUT2D eigenvalue weighted by Gasteiger charge is 2.28. The Kier molecular flexibility index (Phi) is 3.82. The minimum atomic E-state index is -0.158. The van der Waals surface area contributed by atoms with Crippen LogP contribution >= 0.6 is 11.8 Å². The SMILES string of the molecule is Cc1ccc(-c2ocnc2C(=O)N2CCSc3ccncc32)cc1. The van der Waals surface area contributed by atoms with Gasteiger partial charge in [-0.05, 0) is 13.0 Å². The van der Waals surface area contributed by atoms with Crippen molar-refractivity contribution in [3.05, 3.63) is 60.4 Å². The largest absolute Gasteiger partial charge is 0.443 e. The van der Waals surface area contributed by atoms with Gasteiger partial charge in [0.15, 0.2) is 17.8 Å². The second-order valence-corrected chi connectivity index (χ2v) is 6.68. The number of fused-ring (bicyclic) bond motifs is 1. The van der Waals surface area contributed by atoms with Crippen LogP contribution in [0.15, 0.2) is 58.4 Å². The first kappa shape index (κ1) is 15.0. The van der Waals surface area contributed by atoms with Crippen LogP contribution in [0, 0.1) is 6.92 Å².